The van der Waals surface area contributed by atoms with Crippen LogP contribution in [-0.4, -0.2) is 9.55 Å². The van der Waals surface area contributed by atoms with E-state index < -0.39 is 0 Å². The zero-order valence-corrected chi connectivity index (χ0v) is 24.3. The monoisotopic (exact) mass is 571 g/mol. The van der Waals surface area contributed by atoms with Crippen molar-refractivity contribution in [3.05, 3.63) is 157 Å². The molecule has 208 valence electrons. The maximum Gasteiger partial charge on any atom is 0.0991 e. The molecule has 0 bridgehead atoms. The molecule has 0 fully saturated rings. The van der Waals surface area contributed by atoms with Crippen LogP contribution in [0.2, 0.25) is 0 Å². The number of benzene rings is 7. The van der Waals surface area contributed by atoms with Crippen molar-refractivity contribution in [2.24, 2.45) is 0 Å². The van der Waals surface area contributed by atoms with Crippen molar-refractivity contribution in [2.75, 3.05) is 0 Å². The third-order valence-corrected chi connectivity index (χ3v) is 8.97. The second-order valence-electron chi connectivity index (χ2n) is 11.5. The minimum Gasteiger partial charge on any atom is -0.309 e. The van der Waals surface area contributed by atoms with Crippen LogP contribution in [0, 0.1) is 11.3 Å². The fourth-order valence-electron chi connectivity index (χ4n) is 6.90. The zero-order valence-electron chi connectivity index (χ0n) is 24.3. The van der Waals surface area contributed by atoms with Gasteiger partial charge < -0.3 is 4.57 Å². The Morgan fingerprint density at radius 2 is 1.16 bits per heavy atom. The summed E-state index contributed by atoms with van der Waals surface area (Å²) in [6.07, 6.45) is 0. The van der Waals surface area contributed by atoms with Gasteiger partial charge in [-0.3, -0.25) is 0 Å². The summed E-state index contributed by atoms with van der Waals surface area (Å²) >= 11 is 0. The number of nitriles is 1. The average molecular weight is 572 g/mol. The first-order chi connectivity index (χ1) is 22.3. The van der Waals surface area contributed by atoms with Gasteiger partial charge in [-0.05, 0) is 70.4 Å². The topological polar surface area (TPSA) is 41.6 Å². The number of rotatable bonds is 3. The molecule has 0 saturated heterocycles. The van der Waals surface area contributed by atoms with E-state index in [4.69, 9.17) is 4.98 Å². The molecular weight excluding hydrogens is 546 g/mol. The highest BCUT2D eigenvalue weighted by molar-refractivity contribution is 6.22. The molecule has 3 nitrogen and oxygen atoms in total. The molecule has 0 unspecified atom stereocenters. The quantitative estimate of drug-likeness (QED) is 0.198. The summed E-state index contributed by atoms with van der Waals surface area (Å²) in [6, 6.07) is 55.5. The van der Waals surface area contributed by atoms with Crippen molar-refractivity contribution in [1.82, 2.24) is 9.55 Å². The Morgan fingerprint density at radius 3 is 1.98 bits per heavy atom. The van der Waals surface area contributed by atoms with Crippen LogP contribution in [0.5, 0.6) is 0 Å². The van der Waals surface area contributed by atoms with Crippen molar-refractivity contribution >= 4 is 54.3 Å². The highest BCUT2D eigenvalue weighted by atomic mass is 15.0. The second-order valence-corrected chi connectivity index (χ2v) is 11.5. The highest BCUT2D eigenvalue weighted by Gasteiger charge is 2.16. The Hall–Kier alpha value is -6.24. The molecule has 0 atom stereocenters. The van der Waals surface area contributed by atoms with Gasteiger partial charge in [0.2, 0.25) is 0 Å². The van der Waals surface area contributed by atoms with Gasteiger partial charge in [-0.25, -0.2) is 4.98 Å². The van der Waals surface area contributed by atoms with Crippen LogP contribution >= 0.6 is 0 Å². The molecule has 0 saturated carbocycles. The standard InChI is InChI=1S/C42H25N3/c43-26-27-15-21-39-36(23-27)37-24-30(18-22-40(37)45(39)32-12-5-2-6-13-32)31-17-19-34-38(25-31)44-42(29-10-3-1-4-11-29)35-20-16-28-9-7-8-14-33(28)41(34)35/h1-25H. The highest BCUT2D eigenvalue weighted by Crippen LogP contribution is 2.40. The molecule has 2 aromatic heterocycles. The third-order valence-electron chi connectivity index (χ3n) is 8.97. The van der Waals surface area contributed by atoms with Crippen LogP contribution in [-0.2, 0) is 0 Å². The second kappa shape index (κ2) is 9.91. The predicted molar refractivity (Wildman–Crippen MR) is 187 cm³/mol. The van der Waals surface area contributed by atoms with E-state index in [1.807, 2.05) is 24.3 Å². The Labute approximate surface area is 259 Å². The minimum atomic E-state index is 0.655. The molecule has 7 aromatic carbocycles. The number of pyridine rings is 1. The van der Waals surface area contributed by atoms with E-state index in [9.17, 15) is 5.26 Å². The molecule has 0 aliphatic heterocycles. The minimum absolute atomic E-state index is 0.655. The van der Waals surface area contributed by atoms with Crippen LogP contribution in [0.15, 0.2) is 152 Å². The van der Waals surface area contributed by atoms with Gasteiger partial charge in [0.1, 0.15) is 0 Å². The first-order valence-corrected chi connectivity index (χ1v) is 15.1. The number of fused-ring (bicyclic) bond motifs is 8. The van der Waals surface area contributed by atoms with E-state index in [0.29, 0.717) is 5.56 Å². The largest absolute Gasteiger partial charge is 0.309 e. The van der Waals surface area contributed by atoms with Gasteiger partial charge in [0.05, 0.1) is 33.9 Å². The Bertz CT molecular complexity index is 2640. The molecule has 0 aliphatic carbocycles. The Kier molecular flexibility index (Phi) is 5.57. The molecule has 0 amide bonds. The lowest BCUT2D eigenvalue weighted by Crippen LogP contribution is -1.93. The number of hydrogen-bond acceptors (Lipinski definition) is 2. The molecule has 45 heavy (non-hydrogen) atoms. The molecule has 2 heterocycles. The van der Waals surface area contributed by atoms with Gasteiger partial charge >= 0.3 is 0 Å². The van der Waals surface area contributed by atoms with Crippen LogP contribution < -0.4 is 0 Å². The van der Waals surface area contributed by atoms with E-state index in [2.05, 4.69) is 138 Å². The lowest BCUT2D eigenvalue weighted by Gasteiger charge is -2.14. The van der Waals surface area contributed by atoms with E-state index in [-0.39, 0.29) is 0 Å². The summed E-state index contributed by atoms with van der Waals surface area (Å²) in [4.78, 5) is 5.31. The van der Waals surface area contributed by atoms with Gasteiger partial charge in [-0.15, -0.1) is 0 Å². The Balaban J connectivity index is 1.31. The lowest BCUT2D eigenvalue weighted by atomic mass is 9.94. The van der Waals surface area contributed by atoms with Crippen molar-refractivity contribution in [2.45, 2.75) is 0 Å². The smallest absolute Gasteiger partial charge is 0.0991 e. The Morgan fingerprint density at radius 1 is 0.489 bits per heavy atom. The van der Waals surface area contributed by atoms with Gasteiger partial charge in [-0.2, -0.15) is 5.26 Å². The van der Waals surface area contributed by atoms with Gasteiger partial charge in [0.25, 0.3) is 0 Å². The van der Waals surface area contributed by atoms with Crippen LogP contribution in [0.25, 0.3) is 82.3 Å². The first-order valence-electron chi connectivity index (χ1n) is 15.1. The van der Waals surface area contributed by atoms with Crippen LogP contribution in [0.3, 0.4) is 0 Å². The summed E-state index contributed by atoms with van der Waals surface area (Å²) in [7, 11) is 0. The molecular formula is C42H25N3. The maximum atomic E-state index is 9.71. The number of para-hydroxylation sites is 1. The van der Waals surface area contributed by atoms with Crippen molar-refractivity contribution in [1.29, 1.82) is 5.26 Å². The van der Waals surface area contributed by atoms with E-state index in [0.717, 1.165) is 66.2 Å². The van der Waals surface area contributed by atoms with Gasteiger partial charge in [0, 0.05) is 38.2 Å². The summed E-state index contributed by atoms with van der Waals surface area (Å²) in [5, 5.41) is 17.9. The van der Waals surface area contributed by atoms with E-state index in [1.54, 1.807) is 0 Å². The summed E-state index contributed by atoms with van der Waals surface area (Å²) in [5.41, 5.74) is 9.22. The molecule has 0 radical (unpaired) electrons. The molecule has 0 spiro atoms. The molecule has 0 N–H and O–H groups in total. The van der Waals surface area contributed by atoms with E-state index in [1.165, 1.54) is 16.2 Å². The molecule has 9 rings (SSSR count). The van der Waals surface area contributed by atoms with Crippen LogP contribution in [0.4, 0.5) is 0 Å². The van der Waals surface area contributed by atoms with E-state index >= 15 is 0 Å². The SMILES string of the molecule is N#Cc1ccc2c(c1)c1cc(-c3ccc4c(c3)nc(-c3ccccc3)c3ccc5ccccc5c34)ccc1n2-c1ccccc1. The van der Waals surface area contributed by atoms with Crippen molar-refractivity contribution < 1.29 is 0 Å². The summed E-state index contributed by atoms with van der Waals surface area (Å²) < 4.78 is 2.28. The maximum absolute atomic E-state index is 9.71. The number of aromatic nitrogens is 2. The average Bonchev–Trinajstić information content (AvgIpc) is 3.44. The fraction of sp³-hybridized carbons (Fsp3) is 0. The number of hydrogen-bond donors (Lipinski definition) is 0. The summed E-state index contributed by atoms with van der Waals surface area (Å²) in [5.74, 6) is 0. The zero-order chi connectivity index (χ0) is 29.9. The molecule has 9 aromatic rings. The third kappa shape index (κ3) is 3.94. The normalized spacial score (nSPS) is 11.5. The lowest BCUT2D eigenvalue weighted by molar-refractivity contribution is 1.18. The van der Waals surface area contributed by atoms with Gasteiger partial charge in [0.15, 0.2) is 0 Å². The predicted octanol–water partition coefficient (Wildman–Crippen LogP) is 10.8. The fourth-order valence-corrected chi connectivity index (χ4v) is 6.90. The summed E-state index contributed by atoms with van der Waals surface area (Å²) in [6.45, 7) is 0. The molecule has 0 aliphatic rings. The first kappa shape index (κ1) is 25.3. The van der Waals surface area contributed by atoms with Crippen molar-refractivity contribution in [3.8, 4) is 34.1 Å². The van der Waals surface area contributed by atoms with Crippen LogP contribution in [0.1, 0.15) is 5.56 Å². The van der Waals surface area contributed by atoms with Crippen molar-refractivity contribution in [3.63, 3.8) is 0 Å². The number of nitrogens with zero attached hydrogens (tertiary/aromatic N) is 3. The van der Waals surface area contributed by atoms with Gasteiger partial charge in [-0.1, -0.05) is 103 Å². The molecule has 3 heteroatoms.